The number of ether oxygens (including phenoxy) is 1. The van der Waals surface area contributed by atoms with Crippen molar-refractivity contribution in [3.8, 4) is 0 Å². The van der Waals surface area contributed by atoms with Gasteiger partial charge in [0.2, 0.25) is 10.0 Å². The summed E-state index contributed by atoms with van der Waals surface area (Å²) in [6.07, 6.45) is 0. The van der Waals surface area contributed by atoms with Crippen LogP contribution in [0.25, 0.3) is 0 Å². The maximum Gasteiger partial charge on any atom is 0.251 e. The van der Waals surface area contributed by atoms with E-state index in [1.165, 1.54) is 35.7 Å². The topological polar surface area (TPSA) is 95.9 Å². The Morgan fingerprint density at radius 3 is 2.25 bits per heavy atom. The summed E-state index contributed by atoms with van der Waals surface area (Å²) in [5, 5.41) is 12.6. The molecule has 0 unspecified atom stereocenters. The Hall–Kier alpha value is -1.48. The van der Waals surface area contributed by atoms with Gasteiger partial charge in [0.15, 0.2) is 0 Å². The highest BCUT2D eigenvalue weighted by Gasteiger charge is 2.23. The molecule has 0 fully saturated rings. The molecule has 0 radical (unpaired) electrons. The minimum atomic E-state index is -3.54. The molecule has 1 aromatic rings. The summed E-state index contributed by atoms with van der Waals surface area (Å²) in [5.74, 6) is -0.391. The average Bonchev–Trinajstić information content (AvgIpc) is 2.53. The van der Waals surface area contributed by atoms with Crippen LogP contribution in [0.5, 0.6) is 0 Å². The van der Waals surface area contributed by atoms with Crippen LogP contribution in [0.3, 0.4) is 0 Å². The number of methoxy groups -OCH3 is 1. The Kier molecular flexibility index (Phi) is 7.34. The predicted octanol–water partition coefficient (Wildman–Crippen LogP) is 0.844. The van der Waals surface area contributed by atoms with Gasteiger partial charge in [-0.1, -0.05) is 13.8 Å². The zero-order chi connectivity index (χ0) is 18.4. The Labute approximate surface area is 143 Å². The van der Waals surface area contributed by atoms with Gasteiger partial charge in [-0.05, 0) is 31.2 Å². The van der Waals surface area contributed by atoms with Crippen molar-refractivity contribution >= 4 is 15.9 Å². The van der Waals surface area contributed by atoms with Crippen molar-refractivity contribution in [3.05, 3.63) is 29.8 Å². The first kappa shape index (κ1) is 20.6. The van der Waals surface area contributed by atoms with Crippen LogP contribution in [0, 0.1) is 0 Å². The number of hydrogen-bond acceptors (Lipinski definition) is 5. The van der Waals surface area contributed by atoms with E-state index < -0.39 is 21.5 Å². The third-order valence-electron chi connectivity index (χ3n) is 3.54. The number of amides is 1. The minimum absolute atomic E-state index is 0.0270. The van der Waals surface area contributed by atoms with E-state index >= 15 is 0 Å². The standard InChI is InChI=1S/C16H26N2O5S/c1-5-18(6-2)24(21,22)14-9-7-13(8-10-14)15(19)17-11-16(3,20)12-23-4/h7-10,20H,5-6,11-12H2,1-4H3,(H,17,19)/t16-/m1/s1. The maximum atomic E-state index is 12.4. The lowest BCUT2D eigenvalue weighted by Crippen LogP contribution is -2.43. The van der Waals surface area contributed by atoms with Gasteiger partial charge in [0.1, 0.15) is 5.60 Å². The maximum absolute atomic E-state index is 12.4. The van der Waals surface area contributed by atoms with E-state index in [2.05, 4.69) is 5.32 Å². The van der Waals surface area contributed by atoms with Crippen LogP contribution < -0.4 is 5.32 Å². The third-order valence-corrected chi connectivity index (χ3v) is 5.61. The van der Waals surface area contributed by atoms with Crippen molar-refractivity contribution < 1.29 is 23.1 Å². The normalized spacial score (nSPS) is 14.4. The van der Waals surface area contributed by atoms with E-state index in [1.807, 2.05) is 0 Å². The number of benzene rings is 1. The van der Waals surface area contributed by atoms with Crippen LogP contribution >= 0.6 is 0 Å². The van der Waals surface area contributed by atoms with Crippen molar-refractivity contribution in [3.63, 3.8) is 0 Å². The zero-order valence-corrected chi connectivity index (χ0v) is 15.4. The van der Waals surface area contributed by atoms with E-state index in [0.717, 1.165) is 0 Å². The first-order valence-electron chi connectivity index (χ1n) is 7.77. The minimum Gasteiger partial charge on any atom is -0.386 e. The third kappa shape index (κ3) is 5.27. The number of carbonyl (C=O) groups excluding carboxylic acids is 1. The van der Waals surface area contributed by atoms with Crippen LogP contribution in [0.4, 0.5) is 0 Å². The molecule has 1 amide bonds. The number of nitrogens with one attached hydrogen (secondary N) is 1. The van der Waals surface area contributed by atoms with Crippen molar-refractivity contribution in [2.75, 3.05) is 33.4 Å². The molecular weight excluding hydrogens is 332 g/mol. The first-order valence-corrected chi connectivity index (χ1v) is 9.21. The molecule has 0 aromatic heterocycles. The van der Waals surface area contributed by atoms with E-state index in [-0.39, 0.29) is 18.0 Å². The molecule has 1 atom stereocenters. The average molecular weight is 358 g/mol. The number of sulfonamides is 1. The summed E-state index contributed by atoms with van der Waals surface area (Å²) in [6.45, 7) is 5.99. The fourth-order valence-electron chi connectivity index (χ4n) is 2.23. The van der Waals surface area contributed by atoms with Crippen LogP contribution in [0.1, 0.15) is 31.1 Å². The van der Waals surface area contributed by atoms with Crippen LogP contribution in [0.2, 0.25) is 0 Å². The second-order valence-corrected chi connectivity index (χ2v) is 7.66. The van der Waals surface area contributed by atoms with Gasteiger partial charge in [-0.3, -0.25) is 4.79 Å². The van der Waals surface area contributed by atoms with Gasteiger partial charge in [-0.15, -0.1) is 0 Å². The van der Waals surface area contributed by atoms with Crippen molar-refractivity contribution in [1.29, 1.82) is 0 Å². The molecule has 0 saturated heterocycles. The Morgan fingerprint density at radius 1 is 1.25 bits per heavy atom. The molecule has 8 heteroatoms. The molecule has 1 aromatic carbocycles. The molecular formula is C16H26N2O5S. The molecule has 0 aliphatic heterocycles. The zero-order valence-electron chi connectivity index (χ0n) is 14.6. The molecule has 24 heavy (non-hydrogen) atoms. The summed E-state index contributed by atoms with van der Waals surface area (Å²) in [6, 6.07) is 5.74. The van der Waals surface area contributed by atoms with E-state index in [9.17, 15) is 18.3 Å². The van der Waals surface area contributed by atoms with Crippen molar-refractivity contribution in [1.82, 2.24) is 9.62 Å². The highest BCUT2D eigenvalue weighted by molar-refractivity contribution is 7.89. The number of carbonyl (C=O) groups is 1. The number of nitrogens with zero attached hydrogens (tertiary/aromatic N) is 1. The number of hydrogen-bond donors (Lipinski definition) is 2. The smallest absolute Gasteiger partial charge is 0.251 e. The molecule has 1 rings (SSSR count). The monoisotopic (exact) mass is 358 g/mol. The highest BCUT2D eigenvalue weighted by Crippen LogP contribution is 2.16. The van der Waals surface area contributed by atoms with Gasteiger partial charge in [0, 0.05) is 32.3 Å². The van der Waals surface area contributed by atoms with Gasteiger partial charge < -0.3 is 15.2 Å². The summed E-state index contributed by atoms with van der Waals surface area (Å²) >= 11 is 0. The molecule has 0 aliphatic carbocycles. The van der Waals surface area contributed by atoms with E-state index in [1.54, 1.807) is 20.8 Å². The van der Waals surface area contributed by atoms with Crippen LogP contribution in [-0.4, -0.2) is 62.7 Å². The van der Waals surface area contributed by atoms with Crippen LogP contribution in [-0.2, 0) is 14.8 Å². The first-order chi connectivity index (χ1) is 11.2. The number of rotatable bonds is 9. The molecule has 2 N–H and O–H groups in total. The summed E-state index contributed by atoms with van der Waals surface area (Å²) in [4.78, 5) is 12.2. The van der Waals surface area contributed by atoms with E-state index in [4.69, 9.17) is 4.74 Å². The van der Waals surface area contributed by atoms with Gasteiger partial charge in [-0.2, -0.15) is 4.31 Å². The molecule has 7 nitrogen and oxygen atoms in total. The predicted molar refractivity (Wildman–Crippen MR) is 91.4 cm³/mol. The van der Waals surface area contributed by atoms with Gasteiger partial charge in [0.05, 0.1) is 11.5 Å². The van der Waals surface area contributed by atoms with Crippen LogP contribution in [0.15, 0.2) is 29.2 Å². The van der Waals surface area contributed by atoms with Gasteiger partial charge in [-0.25, -0.2) is 8.42 Å². The highest BCUT2D eigenvalue weighted by atomic mass is 32.2. The molecule has 0 heterocycles. The van der Waals surface area contributed by atoms with Crippen molar-refractivity contribution in [2.45, 2.75) is 31.3 Å². The largest absolute Gasteiger partial charge is 0.386 e. The lowest BCUT2D eigenvalue weighted by molar-refractivity contribution is -0.0147. The summed E-state index contributed by atoms with van der Waals surface area (Å²) < 4.78 is 31.0. The molecule has 0 bridgehead atoms. The Morgan fingerprint density at radius 2 is 1.79 bits per heavy atom. The number of aliphatic hydroxyl groups is 1. The Bertz CT molecular complexity index is 637. The SMILES string of the molecule is CCN(CC)S(=O)(=O)c1ccc(C(=O)NC[C@@](C)(O)COC)cc1. The van der Waals surface area contributed by atoms with E-state index in [0.29, 0.717) is 18.7 Å². The fourth-order valence-corrected chi connectivity index (χ4v) is 3.68. The Balaban J connectivity index is 2.82. The molecule has 0 spiro atoms. The molecule has 136 valence electrons. The lowest BCUT2D eigenvalue weighted by Gasteiger charge is -2.22. The molecule has 0 saturated carbocycles. The van der Waals surface area contributed by atoms with Crippen molar-refractivity contribution in [2.24, 2.45) is 0 Å². The summed E-state index contributed by atoms with van der Waals surface area (Å²) in [7, 11) is -2.08. The lowest BCUT2D eigenvalue weighted by atomic mass is 10.1. The second-order valence-electron chi connectivity index (χ2n) is 5.73. The van der Waals surface area contributed by atoms with Gasteiger partial charge in [0.25, 0.3) is 5.91 Å². The molecule has 0 aliphatic rings. The van der Waals surface area contributed by atoms with Gasteiger partial charge >= 0.3 is 0 Å². The summed E-state index contributed by atoms with van der Waals surface area (Å²) in [5.41, 5.74) is -0.849. The second kappa shape index (κ2) is 8.57. The fraction of sp³-hybridized carbons (Fsp3) is 0.562. The quantitative estimate of drug-likeness (QED) is 0.682.